The predicted octanol–water partition coefficient (Wildman–Crippen LogP) is 6.68. The van der Waals surface area contributed by atoms with Crippen molar-refractivity contribution in [3.63, 3.8) is 0 Å². The van der Waals surface area contributed by atoms with E-state index in [1.807, 2.05) is 6.20 Å². The molecule has 4 atom stereocenters. The van der Waals surface area contributed by atoms with Crippen LogP contribution in [-0.2, 0) is 4.79 Å². The quantitative estimate of drug-likeness (QED) is 0.580. The maximum absolute atomic E-state index is 13.9. The fourth-order valence-electron chi connectivity index (χ4n) is 6.52. The molecule has 2 unspecified atom stereocenters. The minimum Gasteiger partial charge on any atom is -0.299 e. The van der Waals surface area contributed by atoms with Crippen LogP contribution < -0.4 is 0 Å². The van der Waals surface area contributed by atoms with Gasteiger partial charge < -0.3 is 0 Å². The number of halogens is 1. The standard InChI is InChI=1S/C26H32FNO/c1-25(2,3)15-24(29)26(7-8-26)19-12-16-10-18(11-17(16)13-19)21-6-9-28-23-5-4-20(27)14-22(21)23/h4-6,9,14,16-19H,7-8,10-13,15H2,1-3H3/t16-,17+,18?,19?. The molecule has 0 N–H and O–H groups in total. The van der Waals surface area contributed by atoms with Crippen molar-refractivity contribution in [1.29, 1.82) is 0 Å². The van der Waals surface area contributed by atoms with Crippen molar-refractivity contribution in [2.45, 2.75) is 71.6 Å². The van der Waals surface area contributed by atoms with Crippen LogP contribution in [0, 0.1) is 34.4 Å². The van der Waals surface area contributed by atoms with E-state index in [4.69, 9.17) is 0 Å². The highest BCUT2D eigenvalue weighted by Gasteiger charge is 2.59. The monoisotopic (exact) mass is 393 g/mol. The van der Waals surface area contributed by atoms with Gasteiger partial charge in [0.1, 0.15) is 11.6 Å². The van der Waals surface area contributed by atoms with E-state index < -0.39 is 0 Å². The normalized spacial score (nSPS) is 30.5. The van der Waals surface area contributed by atoms with Crippen LogP contribution in [0.1, 0.15) is 77.2 Å². The summed E-state index contributed by atoms with van der Waals surface area (Å²) in [5.41, 5.74) is 2.26. The number of nitrogens with zero attached hydrogens (tertiary/aromatic N) is 1. The Morgan fingerprint density at radius 3 is 2.41 bits per heavy atom. The molecule has 3 aliphatic carbocycles. The second kappa shape index (κ2) is 6.62. The van der Waals surface area contributed by atoms with Crippen molar-refractivity contribution < 1.29 is 9.18 Å². The van der Waals surface area contributed by atoms with Crippen LogP contribution in [0.3, 0.4) is 0 Å². The number of hydrogen-bond acceptors (Lipinski definition) is 2. The number of pyridine rings is 1. The molecule has 154 valence electrons. The summed E-state index contributed by atoms with van der Waals surface area (Å²) in [4.78, 5) is 17.5. The molecule has 0 amide bonds. The molecule has 0 saturated heterocycles. The highest BCUT2D eigenvalue weighted by Crippen LogP contribution is 2.64. The Balaban J connectivity index is 1.31. The molecule has 5 rings (SSSR count). The van der Waals surface area contributed by atoms with E-state index in [1.165, 1.54) is 37.3 Å². The highest BCUT2D eigenvalue weighted by molar-refractivity contribution is 5.88. The number of hydrogen-bond donors (Lipinski definition) is 0. The molecule has 0 aliphatic heterocycles. The predicted molar refractivity (Wildman–Crippen MR) is 114 cm³/mol. The molecule has 3 aliphatic rings. The summed E-state index contributed by atoms with van der Waals surface area (Å²) >= 11 is 0. The van der Waals surface area contributed by atoms with E-state index in [2.05, 4.69) is 31.8 Å². The molecule has 1 aromatic heterocycles. The molecule has 3 heteroatoms. The van der Waals surface area contributed by atoms with Crippen molar-refractivity contribution in [1.82, 2.24) is 4.98 Å². The first-order valence-corrected chi connectivity index (χ1v) is 11.3. The maximum Gasteiger partial charge on any atom is 0.139 e. The number of Topliss-reactive ketones (excluding diaryl/α,β-unsaturated/α-hetero) is 1. The molecule has 3 fully saturated rings. The fraction of sp³-hybridized carbons (Fsp3) is 0.615. The first-order valence-electron chi connectivity index (χ1n) is 11.3. The Morgan fingerprint density at radius 2 is 1.79 bits per heavy atom. The number of aromatic nitrogens is 1. The zero-order valence-electron chi connectivity index (χ0n) is 17.9. The molecule has 3 saturated carbocycles. The number of ketones is 1. The Morgan fingerprint density at radius 1 is 1.10 bits per heavy atom. The first kappa shape index (κ1) is 19.2. The van der Waals surface area contributed by atoms with Gasteiger partial charge in [0.2, 0.25) is 0 Å². The van der Waals surface area contributed by atoms with Crippen LogP contribution >= 0.6 is 0 Å². The lowest BCUT2D eigenvalue weighted by Crippen LogP contribution is -2.28. The van der Waals surface area contributed by atoms with Gasteiger partial charge in [0, 0.05) is 23.4 Å². The van der Waals surface area contributed by atoms with Crippen molar-refractivity contribution in [2.75, 3.05) is 0 Å². The van der Waals surface area contributed by atoms with E-state index in [0.29, 0.717) is 17.6 Å². The molecule has 1 heterocycles. The van der Waals surface area contributed by atoms with Gasteiger partial charge in [-0.25, -0.2) is 4.39 Å². The average molecular weight is 394 g/mol. The number of fused-ring (bicyclic) bond motifs is 2. The lowest BCUT2D eigenvalue weighted by molar-refractivity contribution is -0.128. The van der Waals surface area contributed by atoms with Gasteiger partial charge in [-0.3, -0.25) is 9.78 Å². The van der Waals surface area contributed by atoms with E-state index in [0.717, 1.165) is 42.0 Å². The molecule has 1 aromatic carbocycles. The summed E-state index contributed by atoms with van der Waals surface area (Å²) in [6.45, 7) is 6.53. The van der Waals surface area contributed by atoms with E-state index in [-0.39, 0.29) is 16.6 Å². The minimum atomic E-state index is -0.182. The van der Waals surface area contributed by atoms with Crippen molar-refractivity contribution in [3.05, 3.63) is 41.8 Å². The van der Waals surface area contributed by atoms with E-state index >= 15 is 0 Å². The molecule has 2 aromatic rings. The topological polar surface area (TPSA) is 30.0 Å². The van der Waals surface area contributed by atoms with Gasteiger partial charge in [-0.2, -0.15) is 0 Å². The first-order chi connectivity index (χ1) is 13.7. The summed E-state index contributed by atoms with van der Waals surface area (Å²) in [5.74, 6) is 2.89. The Hall–Kier alpha value is -1.77. The molecular weight excluding hydrogens is 361 g/mol. The van der Waals surface area contributed by atoms with Gasteiger partial charge in [-0.05, 0) is 97.4 Å². The van der Waals surface area contributed by atoms with Gasteiger partial charge in [0.15, 0.2) is 0 Å². The number of benzene rings is 1. The molecule has 0 bridgehead atoms. The van der Waals surface area contributed by atoms with E-state index in [1.54, 1.807) is 12.1 Å². The van der Waals surface area contributed by atoms with Gasteiger partial charge in [-0.1, -0.05) is 20.8 Å². The summed E-state index contributed by atoms with van der Waals surface area (Å²) in [6, 6.07) is 7.04. The summed E-state index contributed by atoms with van der Waals surface area (Å²) in [7, 11) is 0. The number of rotatable bonds is 4. The highest BCUT2D eigenvalue weighted by atomic mass is 19.1. The zero-order valence-corrected chi connectivity index (χ0v) is 17.9. The third kappa shape index (κ3) is 3.41. The van der Waals surface area contributed by atoms with E-state index in [9.17, 15) is 9.18 Å². The smallest absolute Gasteiger partial charge is 0.139 e. The lowest BCUT2D eigenvalue weighted by atomic mass is 9.76. The average Bonchev–Trinajstić information content (AvgIpc) is 3.22. The molecule has 2 nitrogen and oxygen atoms in total. The van der Waals surface area contributed by atoms with Crippen LogP contribution in [0.2, 0.25) is 0 Å². The minimum absolute atomic E-state index is 0.0135. The van der Waals surface area contributed by atoms with Gasteiger partial charge >= 0.3 is 0 Å². The fourth-order valence-corrected chi connectivity index (χ4v) is 6.52. The number of carbonyl (C=O) groups excluding carboxylic acids is 1. The van der Waals surface area contributed by atoms with Crippen LogP contribution in [0.15, 0.2) is 30.5 Å². The van der Waals surface area contributed by atoms with Gasteiger partial charge in [0.05, 0.1) is 5.52 Å². The Kier molecular flexibility index (Phi) is 4.38. The largest absolute Gasteiger partial charge is 0.299 e. The lowest BCUT2D eigenvalue weighted by Gasteiger charge is -2.27. The molecule has 29 heavy (non-hydrogen) atoms. The van der Waals surface area contributed by atoms with Gasteiger partial charge in [0.25, 0.3) is 0 Å². The molecule has 0 spiro atoms. The zero-order chi connectivity index (χ0) is 20.4. The third-order valence-electron chi connectivity index (χ3n) is 8.01. The maximum atomic E-state index is 13.9. The molecular formula is C26H32FNO. The van der Waals surface area contributed by atoms with Crippen LogP contribution in [0.5, 0.6) is 0 Å². The van der Waals surface area contributed by atoms with Crippen LogP contribution in [0.4, 0.5) is 4.39 Å². The van der Waals surface area contributed by atoms with Crippen molar-refractivity contribution >= 4 is 16.7 Å². The van der Waals surface area contributed by atoms with Crippen LogP contribution in [0.25, 0.3) is 10.9 Å². The second-order valence-electron chi connectivity index (χ2n) is 11.2. The SMILES string of the molecule is CC(C)(C)CC(=O)C1(C2C[C@H]3CC(c4ccnc5ccc(F)cc45)C[C@H]3C2)CC1. The second-order valence-corrected chi connectivity index (χ2v) is 11.2. The summed E-state index contributed by atoms with van der Waals surface area (Å²) < 4.78 is 13.9. The number of carbonyl (C=O) groups is 1. The Bertz CT molecular complexity index is 941. The van der Waals surface area contributed by atoms with Crippen LogP contribution in [-0.4, -0.2) is 10.8 Å². The Labute approximate surface area is 173 Å². The summed E-state index contributed by atoms with van der Waals surface area (Å²) in [6.07, 6.45) is 9.61. The van der Waals surface area contributed by atoms with Gasteiger partial charge in [-0.15, -0.1) is 0 Å². The molecule has 0 radical (unpaired) electrons. The van der Waals surface area contributed by atoms with Crippen molar-refractivity contribution in [2.24, 2.45) is 28.6 Å². The van der Waals surface area contributed by atoms with Crippen molar-refractivity contribution in [3.8, 4) is 0 Å². The summed E-state index contributed by atoms with van der Waals surface area (Å²) in [5, 5.41) is 0.980. The third-order valence-corrected chi connectivity index (χ3v) is 8.01.